The van der Waals surface area contributed by atoms with Gasteiger partial charge in [0.05, 0.1) is 27.7 Å². The number of hydrogen-bond acceptors (Lipinski definition) is 8. The van der Waals surface area contributed by atoms with Gasteiger partial charge in [-0.25, -0.2) is 0 Å². The van der Waals surface area contributed by atoms with Crippen molar-refractivity contribution in [2.75, 3.05) is 47.5 Å². The van der Waals surface area contributed by atoms with Crippen molar-refractivity contribution >= 4 is 19.8 Å². The van der Waals surface area contributed by atoms with E-state index < -0.39 is 26.5 Å². The van der Waals surface area contributed by atoms with E-state index in [1.807, 2.05) is 21.1 Å². The van der Waals surface area contributed by atoms with Crippen LogP contribution in [0.5, 0.6) is 0 Å². The summed E-state index contributed by atoms with van der Waals surface area (Å²) in [6, 6.07) is 0. The zero-order valence-electron chi connectivity index (χ0n) is 45.3. The van der Waals surface area contributed by atoms with Crippen molar-refractivity contribution in [2.45, 2.75) is 277 Å². The summed E-state index contributed by atoms with van der Waals surface area (Å²) in [6.45, 7) is 4.26. The predicted octanol–water partition coefficient (Wildman–Crippen LogP) is 17.0. The normalized spacial score (nSPS) is 13.6. The van der Waals surface area contributed by atoms with Crippen molar-refractivity contribution in [3.05, 3.63) is 36.5 Å². The third kappa shape index (κ3) is 53.6. The van der Waals surface area contributed by atoms with E-state index in [1.54, 1.807) is 0 Å². The molecule has 400 valence electrons. The van der Waals surface area contributed by atoms with Gasteiger partial charge in [-0.3, -0.25) is 14.2 Å². The van der Waals surface area contributed by atoms with E-state index in [1.165, 1.54) is 186 Å². The number of quaternary nitrogens is 1. The van der Waals surface area contributed by atoms with Crippen LogP contribution in [0.15, 0.2) is 36.5 Å². The molecule has 0 aliphatic rings. The Kier molecular flexibility index (Phi) is 48.9. The van der Waals surface area contributed by atoms with E-state index in [0.717, 1.165) is 51.4 Å². The molecular weight excluding hydrogens is 870 g/mol. The van der Waals surface area contributed by atoms with Crippen molar-refractivity contribution in [3.8, 4) is 0 Å². The Morgan fingerprint density at radius 3 is 1.18 bits per heavy atom. The highest BCUT2D eigenvalue weighted by Gasteiger charge is 2.22. The number of ether oxygens (including phenoxy) is 2. The summed E-state index contributed by atoms with van der Waals surface area (Å²) in [5.41, 5.74) is 0. The summed E-state index contributed by atoms with van der Waals surface area (Å²) in [6.07, 6.45) is 60.4. The summed E-state index contributed by atoms with van der Waals surface area (Å²) in [5, 5.41) is 0. The minimum absolute atomic E-state index is 0.0311. The molecule has 0 aromatic heterocycles. The molecule has 0 spiro atoms. The number of rotatable bonds is 53. The van der Waals surface area contributed by atoms with Crippen LogP contribution in [0.3, 0.4) is 0 Å². The van der Waals surface area contributed by atoms with Crippen LogP contribution >= 0.6 is 7.82 Å². The first-order valence-electron chi connectivity index (χ1n) is 28.7. The maximum absolute atomic E-state index is 12.8. The minimum atomic E-state index is -4.63. The predicted molar refractivity (Wildman–Crippen MR) is 287 cm³/mol. The van der Waals surface area contributed by atoms with E-state index in [-0.39, 0.29) is 32.0 Å². The summed E-state index contributed by atoms with van der Waals surface area (Å²) in [4.78, 5) is 37.8. The molecule has 0 aromatic carbocycles. The molecule has 0 amide bonds. The zero-order valence-corrected chi connectivity index (χ0v) is 46.2. The van der Waals surface area contributed by atoms with Crippen molar-refractivity contribution in [1.82, 2.24) is 0 Å². The fourth-order valence-electron chi connectivity index (χ4n) is 8.15. The van der Waals surface area contributed by atoms with Crippen LogP contribution in [0.2, 0.25) is 0 Å². The topological polar surface area (TPSA) is 111 Å². The second-order valence-electron chi connectivity index (χ2n) is 20.6. The van der Waals surface area contributed by atoms with Gasteiger partial charge in [-0.2, -0.15) is 0 Å². The molecule has 0 N–H and O–H groups in total. The molecule has 0 bridgehead atoms. The largest absolute Gasteiger partial charge is 0.756 e. The number of carbonyl (C=O) groups excluding carboxylic acids is 2. The maximum atomic E-state index is 12.8. The third-order valence-electron chi connectivity index (χ3n) is 12.6. The number of allylic oxidation sites excluding steroid dienone is 6. The number of phosphoric acid groups is 1. The second-order valence-corrected chi connectivity index (χ2v) is 22.1. The van der Waals surface area contributed by atoms with E-state index in [2.05, 4.69) is 50.3 Å². The van der Waals surface area contributed by atoms with Gasteiger partial charge in [-0.15, -0.1) is 0 Å². The lowest BCUT2D eigenvalue weighted by Crippen LogP contribution is -2.37. The van der Waals surface area contributed by atoms with Crippen LogP contribution in [0.4, 0.5) is 0 Å². The van der Waals surface area contributed by atoms with Gasteiger partial charge in [0.2, 0.25) is 0 Å². The van der Waals surface area contributed by atoms with Gasteiger partial charge >= 0.3 is 11.9 Å². The molecule has 0 aromatic rings. The van der Waals surface area contributed by atoms with Gasteiger partial charge in [-0.1, -0.05) is 224 Å². The Hall–Kier alpha value is -1.77. The molecule has 0 aliphatic heterocycles. The quantitative estimate of drug-likeness (QED) is 0.0195. The van der Waals surface area contributed by atoms with Crippen molar-refractivity contribution < 1.29 is 42.1 Å². The Balaban J connectivity index is 4.17. The highest BCUT2D eigenvalue weighted by atomic mass is 31.2. The molecule has 0 radical (unpaired) electrons. The van der Waals surface area contributed by atoms with Crippen LogP contribution in [0.25, 0.3) is 0 Å². The van der Waals surface area contributed by atoms with Crippen LogP contribution in [-0.4, -0.2) is 70.0 Å². The van der Waals surface area contributed by atoms with Gasteiger partial charge in [0, 0.05) is 12.8 Å². The number of carbonyl (C=O) groups is 2. The number of likely N-dealkylation sites (N-methyl/N-ethyl adjacent to an activating group) is 1. The third-order valence-corrected chi connectivity index (χ3v) is 13.6. The lowest BCUT2D eigenvalue weighted by molar-refractivity contribution is -0.870. The molecule has 2 atom stereocenters. The fourth-order valence-corrected chi connectivity index (χ4v) is 8.88. The number of nitrogens with zero attached hydrogens (tertiary/aromatic N) is 1. The molecule has 9 nitrogen and oxygen atoms in total. The standard InChI is InChI=1S/C58H110NO8P/c1-6-8-10-12-14-16-18-20-22-24-26-28-29-31-32-34-36-38-40-42-44-46-48-50-57(60)64-54-56(55-66-68(62,63)65-53-52-59(3,4)5)67-58(61)51-49-47-45-43-41-39-37-35-33-30-27-25-23-21-19-17-15-13-11-9-7-2/h19,21,24-27,56H,6-18,20,22-23,28-55H2,1-5H3/b21-19-,26-24-,27-25-. The van der Waals surface area contributed by atoms with Gasteiger partial charge in [0.1, 0.15) is 19.8 Å². The molecule has 68 heavy (non-hydrogen) atoms. The lowest BCUT2D eigenvalue weighted by Gasteiger charge is -2.28. The highest BCUT2D eigenvalue weighted by Crippen LogP contribution is 2.38. The minimum Gasteiger partial charge on any atom is -0.756 e. The number of phosphoric ester groups is 1. The van der Waals surface area contributed by atoms with Gasteiger partial charge < -0.3 is 27.9 Å². The second kappa shape index (κ2) is 50.2. The van der Waals surface area contributed by atoms with E-state index in [9.17, 15) is 19.0 Å². The Bertz CT molecular complexity index is 1250. The molecule has 0 fully saturated rings. The summed E-state index contributed by atoms with van der Waals surface area (Å²) in [5.74, 6) is -0.829. The monoisotopic (exact) mass is 980 g/mol. The van der Waals surface area contributed by atoms with Gasteiger partial charge in [0.25, 0.3) is 7.82 Å². The van der Waals surface area contributed by atoms with Crippen LogP contribution in [-0.2, 0) is 32.7 Å². The first-order chi connectivity index (χ1) is 33.0. The van der Waals surface area contributed by atoms with Crippen LogP contribution in [0, 0.1) is 0 Å². The number of esters is 2. The van der Waals surface area contributed by atoms with Gasteiger partial charge in [0.15, 0.2) is 6.10 Å². The van der Waals surface area contributed by atoms with E-state index in [0.29, 0.717) is 17.4 Å². The van der Waals surface area contributed by atoms with Crippen molar-refractivity contribution in [1.29, 1.82) is 0 Å². The fraction of sp³-hybridized carbons (Fsp3) is 0.862. The number of unbranched alkanes of at least 4 members (excludes halogenated alkanes) is 33. The molecule has 2 unspecified atom stereocenters. The molecule has 0 saturated heterocycles. The Morgan fingerprint density at radius 2 is 0.794 bits per heavy atom. The van der Waals surface area contributed by atoms with Gasteiger partial charge in [-0.05, 0) is 70.6 Å². The summed E-state index contributed by atoms with van der Waals surface area (Å²) >= 11 is 0. The highest BCUT2D eigenvalue weighted by molar-refractivity contribution is 7.45. The maximum Gasteiger partial charge on any atom is 0.306 e. The first-order valence-corrected chi connectivity index (χ1v) is 30.2. The van der Waals surface area contributed by atoms with E-state index in [4.69, 9.17) is 18.5 Å². The smallest absolute Gasteiger partial charge is 0.306 e. The lowest BCUT2D eigenvalue weighted by atomic mass is 10.0. The summed E-state index contributed by atoms with van der Waals surface area (Å²) < 4.78 is 34.2. The Labute approximate surface area is 421 Å². The Morgan fingerprint density at radius 1 is 0.456 bits per heavy atom. The van der Waals surface area contributed by atoms with E-state index >= 15 is 0 Å². The molecule has 0 aliphatic carbocycles. The SMILES string of the molecule is CCCCCCC/C=C\C/C=C\CCCCCCCCCCCC(=O)OC(COC(=O)CCCCCCCCCCCCC/C=C\CCCCCCCCCC)COP(=O)([O-])OCC[N+](C)(C)C. The molecule has 10 heteroatoms. The van der Waals surface area contributed by atoms with Crippen LogP contribution in [0.1, 0.15) is 271 Å². The molecule has 0 heterocycles. The average molecular weight is 980 g/mol. The molecule has 0 rings (SSSR count). The summed E-state index contributed by atoms with van der Waals surface area (Å²) in [7, 11) is 1.17. The molecular formula is C58H110NO8P. The van der Waals surface area contributed by atoms with Crippen molar-refractivity contribution in [2.24, 2.45) is 0 Å². The molecule has 0 saturated carbocycles. The zero-order chi connectivity index (χ0) is 49.9. The average Bonchev–Trinajstić information content (AvgIpc) is 3.30. The first kappa shape index (κ1) is 66.2. The number of hydrogen-bond donors (Lipinski definition) is 0. The van der Waals surface area contributed by atoms with Crippen LogP contribution < -0.4 is 4.89 Å². The van der Waals surface area contributed by atoms with Crippen molar-refractivity contribution in [3.63, 3.8) is 0 Å².